The van der Waals surface area contributed by atoms with Gasteiger partial charge in [-0.25, -0.2) is 0 Å². The summed E-state index contributed by atoms with van der Waals surface area (Å²) in [6, 6.07) is 7.87. The van der Waals surface area contributed by atoms with Gasteiger partial charge in [0.1, 0.15) is 5.75 Å². The largest absolute Gasteiger partial charge is 0.497 e. The Morgan fingerprint density at radius 2 is 2.11 bits per heavy atom. The molecular formula is C22H31N3O3. The molecule has 1 aromatic carbocycles. The van der Waals surface area contributed by atoms with Gasteiger partial charge in [-0.05, 0) is 68.7 Å². The van der Waals surface area contributed by atoms with E-state index in [1.54, 1.807) is 7.11 Å². The highest BCUT2D eigenvalue weighted by Crippen LogP contribution is 2.42. The van der Waals surface area contributed by atoms with Crippen LogP contribution in [0.2, 0.25) is 0 Å². The highest BCUT2D eigenvalue weighted by atomic mass is 16.5. The molecule has 6 nitrogen and oxygen atoms in total. The Morgan fingerprint density at radius 1 is 1.25 bits per heavy atom. The molecule has 152 valence electrons. The van der Waals surface area contributed by atoms with Crippen molar-refractivity contribution in [2.75, 3.05) is 20.2 Å². The molecule has 0 radical (unpaired) electrons. The van der Waals surface area contributed by atoms with E-state index in [0.717, 1.165) is 50.1 Å². The van der Waals surface area contributed by atoms with Crippen LogP contribution in [0.25, 0.3) is 0 Å². The van der Waals surface area contributed by atoms with Gasteiger partial charge in [0.15, 0.2) is 0 Å². The molecule has 0 spiro atoms. The van der Waals surface area contributed by atoms with Gasteiger partial charge >= 0.3 is 0 Å². The van der Waals surface area contributed by atoms with Crippen molar-refractivity contribution in [3.05, 3.63) is 29.8 Å². The summed E-state index contributed by atoms with van der Waals surface area (Å²) >= 11 is 0. The van der Waals surface area contributed by atoms with Crippen LogP contribution in [-0.2, 0) is 9.59 Å². The predicted molar refractivity (Wildman–Crippen MR) is 107 cm³/mol. The molecule has 1 aromatic rings. The number of carbonyl (C=O) groups excluding carboxylic acids is 2. The molecule has 0 aromatic heterocycles. The molecule has 2 amide bonds. The van der Waals surface area contributed by atoms with Gasteiger partial charge in [0, 0.05) is 18.5 Å². The molecule has 2 aliphatic heterocycles. The van der Waals surface area contributed by atoms with Crippen LogP contribution in [0.4, 0.5) is 0 Å². The molecule has 0 bridgehead atoms. The number of hydrogen-bond acceptors (Lipinski definition) is 4. The fourth-order valence-electron chi connectivity index (χ4n) is 5.40. The van der Waals surface area contributed by atoms with Crippen LogP contribution in [0, 0.1) is 23.7 Å². The average Bonchev–Trinajstić information content (AvgIpc) is 2.73. The lowest BCUT2D eigenvalue weighted by molar-refractivity contribution is -0.138. The molecule has 3 fully saturated rings. The van der Waals surface area contributed by atoms with Gasteiger partial charge in [-0.3, -0.25) is 9.59 Å². The number of benzene rings is 1. The lowest BCUT2D eigenvalue weighted by atomic mass is 9.64. The molecule has 2 heterocycles. The molecule has 5 unspecified atom stereocenters. The number of methoxy groups -OCH3 is 1. The summed E-state index contributed by atoms with van der Waals surface area (Å²) in [6.07, 6.45) is 3.76. The van der Waals surface area contributed by atoms with E-state index < -0.39 is 0 Å². The lowest BCUT2D eigenvalue weighted by Crippen LogP contribution is -2.61. The summed E-state index contributed by atoms with van der Waals surface area (Å²) in [5, 5.41) is 9.74. The number of amides is 2. The maximum absolute atomic E-state index is 12.9. The fraction of sp³-hybridized carbons (Fsp3) is 0.636. The molecule has 1 saturated carbocycles. The second-order valence-corrected chi connectivity index (χ2v) is 8.56. The van der Waals surface area contributed by atoms with Gasteiger partial charge in [-0.2, -0.15) is 0 Å². The van der Waals surface area contributed by atoms with E-state index in [2.05, 4.69) is 16.0 Å². The minimum atomic E-state index is -0.0740. The molecular weight excluding hydrogens is 354 g/mol. The number of nitrogens with one attached hydrogen (secondary N) is 3. The third-order valence-corrected chi connectivity index (χ3v) is 6.98. The van der Waals surface area contributed by atoms with E-state index >= 15 is 0 Å². The van der Waals surface area contributed by atoms with E-state index in [0.29, 0.717) is 11.8 Å². The highest BCUT2D eigenvalue weighted by Gasteiger charge is 2.47. The summed E-state index contributed by atoms with van der Waals surface area (Å²) in [4.78, 5) is 25.4. The fourth-order valence-corrected chi connectivity index (χ4v) is 5.40. The van der Waals surface area contributed by atoms with Crippen molar-refractivity contribution in [3.8, 4) is 5.75 Å². The van der Waals surface area contributed by atoms with Gasteiger partial charge in [-0.1, -0.05) is 12.1 Å². The van der Waals surface area contributed by atoms with Crippen LogP contribution in [0.5, 0.6) is 5.75 Å². The second kappa shape index (κ2) is 8.11. The Kier molecular flexibility index (Phi) is 5.58. The number of piperidine rings is 2. The standard InChI is InChI=1S/C22H31N3O3/c1-13(14-4-3-5-16(10-14)28-2)24-21(26)15-6-7-18-17-8-9-23-12-19(17)22(27)25-20(18)11-15/h3-5,10,13,15,17-20,23H,6-9,11-12H2,1-2H3,(H,24,26)(H,25,27)/t13-,15?,17?,18?,19?,20?/m1/s1. The van der Waals surface area contributed by atoms with Crippen LogP contribution in [0.15, 0.2) is 24.3 Å². The van der Waals surface area contributed by atoms with Gasteiger partial charge in [0.25, 0.3) is 0 Å². The Labute approximate surface area is 166 Å². The quantitative estimate of drug-likeness (QED) is 0.741. The normalized spacial score (nSPS) is 33.1. The Balaban J connectivity index is 1.38. The number of fused-ring (bicyclic) bond motifs is 3. The van der Waals surface area contributed by atoms with Crippen molar-refractivity contribution in [1.82, 2.24) is 16.0 Å². The second-order valence-electron chi connectivity index (χ2n) is 8.56. The van der Waals surface area contributed by atoms with E-state index in [1.807, 2.05) is 31.2 Å². The first kappa shape index (κ1) is 19.2. The van der Waals surface area contributed by atoms with E-state index in [9.17, 15) is 9.59 Å². The average molecular weight is 386 g/mol. The number of carbonyl (C=O) groups is 2. The SMILES string of the molecule is COc1cccc([C@@H](C)NC(=O)C2CCC3C(C2)NC(=O)C2CNCCC23)c1. The third kappa shape index (κ3) is 3.75. The van der Waals surface area contributed by atoms with Crippen LogP contribution in [-0.4, -0.2) is 38.1 Å². The first-order valence-corrected chi connectivity index (χ1v) is 10.5. The molecule has 3 aliphatic rings. The zero-order valence-corrected chi connectivity index (χ0v) is 16.7. The van der Waals surface area contributed by atoms with Crippen molar-refractivity contribution in [3.63, 3.8) is 0 Å². The minimum Gasteiger partial charge on any atom is -0.497 e. The molecule has 1 aliphatic carbocycles. The maximum Gasteiger partial charge on any atom is 0.224 e. The molecule has 6 heteroatoms. The molecule has 2 saturated heterocycles. The summed E-state index contributed by atoms with van der Waals surface area (Å²) in [5.74, 6) is 2.12. The van der Waals surface area contributed by atoms with Crippen molar-refractivity contribution in [2.24, 2.45) is 23.7 Å². The van der Waals surface area contributed by atoms with Crippen molar-refractivity contribution in [2.45, 2.75) is 44.7 Å². The summed E-state index contributed by atoms with van der Waals surface area (Å²) in [5.41, 5.74) is 1.03. The van der Waals surface area contributed by atoms with Gasteiger partial charge in [0.05, 0.1) is 19.1 Å². The summed E-state index contributed by atoms with van der Waals surface area (Å²) in [6.45, 7) is 3.79. The molecule has 4 rings (SSSR count). The number of rotatable bonds is 4. The van der Waals surface area contributed by atoms with Gasteiger partial charge < -0.3 is 20.7 Å². The minimum absolute atomic E-state index is 0.0344. The Morgan fingerprint density at radius 3 is 2.93 bits per heavy atom. The van der Waals surface area contributed by atoms with Crippen LogP contribution in [0.3, 0.4) is 0 Å². The van der Waals surface area contributed by atoms with E-state index in [1.165, 1.54) is 0 Å². The van der Waals surface area contributed by atoms with Crippen molar-refractivity contribution in [1.29, 1.82) is 0 Å². The van der Waals surface area contributed by atoms with Crippen molar-refractivity contribution < 1.29 is 14.3 Å². The van der Waals surface area contributed by atoms with Crippen LogP contribution < -0.4 is 20.7 Å². The lowest BCUT2D eigenvalue weighted by Gasteiger charge is -2.48. The molecule has 3 N–H and O–H groups in total. The first-order valence-electron chi connectivity index (χ1n) is 10.5. The summed E-state index contributed by atoms with van der Waals surface area (Å²) < 4.78 is 5.28. The van der Waals surface area contributed by atoms with Crippen molar-refractivity contribution >= 4 is 11.8 Å². The first-order chi connectivity index (χ1) is 13.6. The molecule has 28 heavy (non-hydrogen) atoms. The van der Waals surface area contributed by atoms with Crippen LogP contribution in [0.1, 0.15) is 44.2 Å². The number of ether oxygens (including phenoxy) is 1. The monoisotopic (exact) mass is 385 g/mol. The van der Waals surface area contributed by atoms with E-state index in [4.69, 9.17) is 4.74 Å². The Hall–Kier alpha value is -2.08. The third-order valence-electron chi connectivity index (χ3n) is 6.98. The zero-order valence-electron chi connectivity index (χ0n) is 16.7. The maximum atomic E-state index is 12.9. The van der Waals surface area contributed by atoms with Gasteiger partial charge in [-0.15, -0.1) is 0 Å². The zero-order chi connectivity index (χ0) is 19.7. The predicted octanol–water partition coefficient (Wildman–Crippen LogP) is 2.01. The summed E-state index contributed by atoms with van der Waals surface area (Å²) in [7, 11) is 1.65. The van der Waals surface area contributed by atoms with E-state index in [-0.39, 0.29) is 35.7 Å². The highest BCUT2D eigenvalue weighted by molar-refractivity contribution is 5.82. The number of hydrogen-bond donors (Lipinski definition) is 3. The topological polar surface area (TPSA) is 79.5 Å². The Bertz CT molecular complexity index is 737. The molecule has 6 atom stereocenters. The smallest absolute Gasteiger partial charge is 0.224 e. The van der Waals surface area contributed by atoms with Gasteiger partial charge in [0.2, 0.25) is 11.8 Å². The van der Waals surface area contributed by atoms with Crippen LogP contribution >= 0.6 is 0 Å².